The van der Waals surface area contributed by atoms with Crippen molar-refractivity contribution in [2.75, 3.05) is 38.1 Å². The van der Waals surface area contributed by atoms with Gasteiger partial charge in [0, 0.05) is 49.9 Å². The molecule has 2 aliphatic rings. The third kappa shape index (κ3) is 4.67. The fourth-order valence-corrected chi connectivity index (χ4v) is 5.20. The number of halogens is 4. The second-order valence-electron chi connectivity index (χ2n) is 9.05. The molecule has 0 aliphatic carbocycles. The number of hydrogen-bond donors (Lipinski definition) is 1. The molecule has 2 heterocycles. The molecule has 2 fully saturated rings. The lowest BCUT2D eigenvalue weighted by atomic mass is 9.70. The van der Waals surface area contributed by atoms with Crippen LogP contribution in [0.2, 0.25) is 0 Å². The van der Waals surface area contributed by atoms with Crippen LogP contribution in [0.25, 0.3) is 0 Å². The molecule has 0 aromatic heterocycles. The Morgan fingerprint density at radius 2 is 1.77 bits per heavy atom. The first-order valence-corrected chi connectivity index (χ1v) is 11.2. The maximum atomic E-state index is 13.5. The van der Waals surface area contributed by atoms with Crippen molar-refractivity contribution in [2.45, 2.75) is 19.0 Å². The van der Waals surface area contributed by atoms with E-state index in [1.54, 1.807) is 15.9 Å². The van der Waals surface area contributed by atoms with Crippen molar-refractivity contribution in [3.05, 3.63) is 65.0 Å². The molecule has 0 saturated carbocycles. The summed E-state index contributed by atoms with van der Waals surface area (Å²) >= 11 is 0. The van der Waals surface area contributed by atoms with Gasteiger partial charge >= 0.3 is 6.18 Å². The molecule has 2 saturated heterocycles. The number of likely N-dealkylation sites (tertiary alicyclic amines) is 1. The third-order valence-electron chi connectivity index (χ3n) is 7.14. The van der Waals surface area contributed by atoms with Crippen LogP contribution in [-0.2, 0) is 11.0 Å². The number of amides is 2. The summed E-state index contributed by atoms with van der Waals surface area (Å²) < 4.78 is 53.7. The first kappa shape index (κ1) is 24.5. The van der Waals surface area contributed by atoms with E-state index in [0.29, 0.717) is 43.7 Å². The van der Waals surface area contributed by atoms with Crippen LogP contribution in [0.15, 0.2) is 42.5 Å². The Hall–Kier alpha value is -3.61. The van der Waals surface area contributed by atoms with Crippen LogP contribution in [0.3, 0.4) is 0 Å². The highest BCUT2D eigenvalue weighted by Gasteiger charge is 2.51. The highest BCUT2D eigenvalue weighted by atomic mass is 19.4. The van der Waals surface area contributed by atoms with Gasteiger partial charge in [-0.25, -0.2) is 4.39 Å². The van der Waals surface area contributed by atoms with Crippen LogP contribution in [0, 0.1) is 28.5 Å². The molecule has 1 N–H and O–H groups in total. The zero-order chi connectivity index (χ0) is 25.4. The average molecular weight is 488 g/mol. The van der Waals surface area contributed by atoms with E-state index in [9.17, 15) is 27.2 Å². The van der Waals surface area contributed by atoms with Gasteiger partial charge in [-0.15, -0.1) is 0 Å². The number of carbonyl (C=O) groups is 2. The minimum absolute atomic E-state index is 0.199. The Morgan fingerprint density at radius 3 is 2.34 bits per heavy atom. The summed E-state index contributed by atoms with van der Waals surface area (Å²) in [7, 11) is 1.52. The fourth-order valence-electron chi connectivity index (χ4n) is 5.20. The summed E-state index contributed by atoms with van der Waals surface area (Å²) in [6, 6.07) is 10.5. The van der Waals surface area contributed by atoms with Crippen molar-refractivity contribution in [3.8, 4) is 6.07 Å². The van der Waals surface area contributed by atoms with E-state index in [2.05, 4.69) is 5.32 Å². The lowest BCUT2D eigenvalue weighted by molar-refractivity contribution is -0.137. The van der Waals surface area contributed by atoms with E-state index in [-0.39, 0.29) is 18.4 Å². The minimum Gasteiger partial charge on any atom is -0.370 e. The molecule has 2 aliphatic heterocycles. The lowest BCUT2D eigenvalue weighted by Gasteiger charge is -2.42. The molecule has 2 aromatic rings. The van der Waals surface area contributed by atoms with E-state index in [1.807, 2.05) is 0 Å². The number of nitriles is 1. The molecule has 0 radical (unpaired) electrons. The van der Waals surface area contributed by atoms with E-state index in [0.717, 1.165) is 12.1 Å². The number of alkyl halides is 3. The van der Waals surface area contributed by atoms with Crippen LogP contribution >= 0.6 is 0 Å². The molecule has 2 aromatic carbocycles. The Morgan fingerprint density at radius 1 is 1.11 bits per heavy atom. The molecule has 184 valence electrons. The largest absolute Gasteiger partial charge is 0.417 e. The summed E-state index contributed by atoms with van der Waals surface area (Å²) in [6.45, 7) is 1.33. The van der Waals surface area contributed by atoms with Crippen LogP contribution < -0.4 is 10.2 Å². The second-order valence-corrected chi connectivity index (χ2v) is 9.05. The molecule has 6 nitrogen and oxygen atoms in total. The number of anilines is 1. The number of carbonyl (C=O) groups excluding carboxylic acids is 2. The van der Waals surface area contributed by atoms with Gasteiger partial charge < -0.3 is 15.1 Å². The maximum absolute atomic E-state index is 13.5. The van der Waals surface area contributed by atoms with E-state index < -0.39 is 34.5 Å². The van der Waals surface area contributed by atoms with Gasteiger partial charge in [-0.3, -0.25) is 9.59 Å². The van der Waals surface area contributed by atoms with Crippen molar-refractivity contribution in [3.63, 3.8) is 0 Å². The maximum Gasteiger partial charge on any atom is 0.417 e. The van der Waals surface area contributed by atoms with Gasteiger partial charge in [0.15, 0.2) is 0 Å². The molecule has 10 heteroatoms. The number of benzene rings is 2. The molecular formula is C25H24F4N4O2. The predicted octanol–water partition coefficient (Wildman–Crippen LogP) is 3.82. The van der Waals surface area contributed by atoms with Crippen molar-refractivity contribution >= 4 is 17.5 Å². The predicted molar refractivity (Wildman–Crippen MR) is 120 cm³/mol. The molecular weight excluding hydrogens is 464 g/mol. The smallest absolute Gasteiger partial charge is 0.370 e. The Kier molecular flexibility index (Phi) is 6.45. The SMILES string of the molecule is CNC(=O)C1CN(c2ccc(C#N)c(C(F)(F)F)c2)CC12CCN(C(=O)c1ccc(F)cc1)CC2. The van der Waals surface area contributed by atoms with Crippen LogP contribution in [0.5, 0.6) is 0 Å². The van der Waals surface area contributed by atoms with Crippen molar-refractivity contribution < 1.29 is 27.2 Å². The molecule has 35 heavy (non-hydrogen) atoms. The van der Waals surface area contributed by atoms with Gasteiger partial charge in [0.1, 0.15) is 5.82 Å². The van der Waals surface area contributed by atoms with Crippen molar-refractivity contribution in [1.82, 2.24) is 10.2 Å². The van der Waals surface area contributed by atoms with Gasteiger partial charge in [-0.1, -0.05) is 0 Å². The molecule has 0 bridgehead atoms. The number of nitrogens with one attached hydrogen (secondary N) is 1. The summed E-state index contributed by atoms with van der Waals surface area (Å²) in [6.07, 6.45) is -3.68. The quantitative estimate of drug-likeness (QED) is 0.667. The van der Waals surface area contributed by atoms with Gasteiger partial charge in [-0.05, 0) is 55.3 Å². The Balaban J connectivity index is 1.57. The number of hydrogen-bond acceptors (Lipinski definition) is 4. The Labute approximate surface area is 200 Å². The Bertz CT molecular complexity index is 1170. The molecule has 1 spiro atoms. The van der Waals surface area contributed by atoms with Crippen molar-refractivity contribution in [2.24, 2.45) is 11.3 Å². The third-order valence-corrected chi connectivity index (χ3v) is 7.14. The summed E-state index contributed by atoms with van der Waals surface area (Å²) in [5, 5.41) is 11.7. The zero-order valence-electron chi connectivity index (χ0n) is 19.0. The van der Waals surface area contributed by atoms with Gasteiger partial charge in [-0.2, -0.15) is 18.4 Å². The first-order valence-electron chi connectivity index (χ1n) is 11.2. The lowest BCUT2D eigenvalue weighted by Crippen LogP contribution is -2.49. The highest BCUT2D eigenvalue weighted by molar-refractivity contribution is 5.94. The fraction of sp³-hybridized carbons (Fsp3) is 0.400. The van der Waals surface area contributed by atoms with E-state index in [4.69, 9.17) is 5.26 Å². The highest BCUT2D eigenvalue weighted by Crippen LogP contribution is 2.47. The molecule has 4 rings (SSSR count). The zero-order valence-corrected chi connectivity index (χ0v) is 19.0. The first-order chi connectivity index (χ1) is 16.6. The van der Waals surface area contributed by atoms with Gasteiger partial charge in [0.05, 0.1) is 23.1 Å². The monoisotopic (exact) mass is 488 g/mol. The van der Waals surface area contributed by atoms with E-state index >= 15 is 0 Å². The van der Waals surface area contributed by atoms with Crippen LogP contribution in [0.1, 0.15) is 34.3 Å². The second kappa shape index (κ2) is 9.21. The topological polar surface area (TPSA) is 76.4 Å². The van der Waals surface area contributed by atoms with Gasteiger partial charge in [0.25, 0.3) is 5.91 Å². The number of nitrogens with zero attached hydrogens (tertiary/aromatic N) is 3. The molecule has 1 atom stereocenters. The standard InChI is InChI=1S/C25H24F4N4O2/c1-31-22(34)21-14-33(19-7-4-17(13-30)20(12-19)25(27,28)29)15-24(21)8-10-32(11-9-24)23(35)16-2-5-18(26)6-3-16/h2-7,12,21H,8-11,14-15H2,1H3,(H,31,34). The minimum atomic E-state index is -4.68. The van der Waals surface area contributed by atoms with Crippen LogP contribution in [-0.4, -0.2) is 49.9 Å². The average Bonchev–Trinajstić information content (AvgIpc) is 3.21. The summed E-state index contributed by atoms with van der Waals surface area (Å²) in [5.74, 6) is -1.33. The molecule has 2 amide bonds. The summed E-state index contributed by atoms with van der Waals surface area (Å²) in [5.41, 5.74) is -1.31. The normalized spacial score (nSPS) is 19.5. The summed E-state index contributed by atoms with van der Waals surface area (Å²) in [4.78, 5) is 29.0. The van der Waals surface area contributed by atoms with Crippen molar-refractivity contribution in [1.29, 1.82) is 5.26 Å². The van der Waals surface area contributed by atoms with Gasteiger partial charge in [0.2, 0.25) is 5.91 Å². The van der Waals surface area contributed by atoms with E-state index in [1.165, 1.54) is 37.4 Å². The van der Waals surface area contributed by atoms with Crippen LogP contribution in [0.4, 0.5) is 23.2 Å². The number of rotatable bonds is 3. The molecule has 1 unspecified atom stereocenters. The number of piperidine rings is 1.